The predicted octanol–water partition coefficient (Wildman–Crippen LogP) is 0.882. The van der Waals surface area contributed by atoms with Gasteiger partial charge in [-0.1, -0.05) is 18.1 Å². The fourth-order valence-electron chi connectivity index (χ4n) is 2.80. The molecule has 1 aliphatic carbocycles. The molecule has 0 bridgehead atoms. The summed E-state index contributed by atoms with van der Waals surface area (Å²) in [7, 11) is -3.29. The standard InChI is InChI=1S/C14H24N4O3S/c1-11(2)18-9-13(15-16-18)14(19)6-7-17(10-14)22(20,21)8-5-12-3-4-12/h9,11-12,19H,3-8,10H2,1-2H3/t14-/m1/s1. The van der Waals surface area contributed by atoms with Gasteiger partial charge in [-0.15, -0.1) is 5.10 Å². The number of hydrogen-bond donors (Lipinski definition) is 1. The molecule has 2 aliphatic rings. The first kappa shape index (κ1) is 15.9. The van der Waals surface area contributed by atoms with E-state index in [9.17, 15) is 13.5 Å². The Morgan fingerprint density at radius 2 is 2.18 bits per heavy atom. The van der Waals surface area contributed by atoms with E-state index in [4.69, 9.17) is 0 Å². The molecule has 22 heavy (non-hydrogen) atoms. The SMILES string of the molecule is CC(C)n1cc([C@@]2(O)CCN(S(=O)(=O)CCC3CC3)C2)nn1. The fraction of sp³-hybridized carbons (Fsp3) is 0.857. The van der Waals surface area contributed by atoms with E-state index in [1.165, 1.54) is 4.31 Å². The van der Waals surface area contributed by atoms with Crippen molar-refractivity contribution >= 4 is 10.0 Å². The van der Waals surface area contributed by atoms with Gasteiger partial charge in [-0.2, -0.15) is 4.31 Å². The number of sulfonamides is 1. The van der Waals surface area contributed by atoms with Gasteiger partial charge in [0.1, 0.15) is 11.3 Å². The van der Waals surface area contributed by atoms with Crippen LogP contribution in [0.25, 0.3) is 0 Å². The molecule has 3 rings (SSSR count). The quantitative estimate of drug-likeness (QED) is 0.837. The van der Waals surface area contributed by atoms with Crippen molar-refractivity contribution in [3.63, 3.8) is 0 Å². The maximum Gasteiger partial charge on any atom is 0.214 e. The summed E-state index contributed by atoms with van der Waals surface area (Å²) >= 11 is 0. The molecule has 2 heterocycles. The molecular formula is C14H24N4O3S. The molecule has 1 saturated carbocycles. The van der Waals surface area contributed by atoms with Gasteiger partial charge in [-0.3, -0.25) is 0 Å². The van der Waals surface area contributed by atoms with Gasteiger partial charge in [-0.25, -0.2) is 13.1 Å². The first-order valence-electron chi connectivity index (χ1n) is 7.93. The maximum atomic E-state index is 12.4. The summed E-state index contributed by atoms with van der Waals surface area (Å²) < 4.78 is 27.8. The molecule has 0 radical (unpaired) electrons. The van der Waals surface area contributed by atoms with Gasteiger partial charge in [0, 0.05) is 19.1 Å². The van der Waals surface area contributed by atoms with E-state index in [2.05, 4.69) is 10.3 Å². The molecule has 2 fully saturated rings. The summed E-state index contributed by atoms with van der Waals surface area (Å²) in [4.78, 5) is 0. The smallest absolute Gasteiger partial charge is 0.214 e. The molecule has 124 valence electrons. The molecular weight excluding hydrogens is 304 g/mol. The van der Waals surface area contributed by atoms with Crippen LogP contribution in [0.15, 0.2) is 6.20 Å². The normalized spacial score (nSPS) is 26.9. The highest BCUT2D eigenvalue weighted by molar-refractivity contribution is 7.89. The van der Waals surface area contributed by atoms with Crippen LogP contribution in [0, 0.1) is 5.92 Å². The highest BCUT2D eigenvalue weighted by Gasteiger charge is 2.44. The van der Waals surface area contributed by atoms with Gasteiger partial charge in [0.2, 0.25) is 10.0 Å². The average molecular weight is 328 g/mol. The molecule has 0 amide bonds. The second kappa shape index (κ2) is 5.58. The van der Waals surface area contributed by atoms with Gasteiger partial charge in [-0.05, 0) is 32.6 Å². The molecule has 1 aromatic heterocycles. The third-order valence-electron chi connectivity index (χ3n) is 4.60. The topological polar surface area (TPSA) is 88.3 Å². The number of nitrogens with zero attached hydrogens (tertiary/aromatic N) is 4. The number of aromatic nitrogens is 3. The lowest BCUT2D eigenvalue weighted by Crippen LogP contribution is -2.36. The van der Waals surface area contributed by atoms with Gasteiger partial charge in [0.15, 0.2) is 0 Å². The molecule has 0 unspecified atom stereocenters. The van der Waals surface area contributed by atoms with Crippen LogP contribution in [-0.4, -0.2) is 51.7 Å². The Kier molecular flexibility index (Phi) is 4.03. The number of rotatable bonds is 6. The van der Waals surface area contributed by atoms with Crippen LogP contribution < -0.4 is 0 Å². The van der Waals surface area contributed by atoms with E-state index in [0.29, 0.717) is 24.6 Å². The van der Waals surface area contributed by atoms with Crippen LogP contribution >= 0.6 is 0 Å². The summed E-state index contributed by atoms with van der Waals surface area (Å²) in [5, 5.41) is 18.8. The predicted molar refractivity (Wildman–Crippen MR) is 81.6 cm³/mol. The van der Waals surface area contributed by atoms with E-state index >= 15 is 0 Å². The average Bonchev–Trinajstić information content (AvgIpc) is 2.97. The van der Waals surface area contributed by atoms with Crippen molar-refractivity contribution in [2.24, 2.45) is 5.92 Å². The Morgan fingerprint density at radius 1 is 1.45 bits per heavy atom. The van der Waals surface area contributed by atoms with Crippen LogP contribution in [0.3, 0.4) is 0 Å². The molecule has 1 aliphatic heterocycles. The van der Waals surface area contributed by atoms with E-state index in [1.807, 2.05) is 13.8 Å². The Bertz CT molecular complexity index is 638. The van der Waals surface area contributed by atoms with E-state index < -0.39 is 15.6 Å². The monoisotopic (exact) mass is 328 g/mol. The minimum absolute atomic E-state index is 0.0801. The molecule has 0 spiro atoms. The first-order chi connectivity index (χ1) is 10.3. The summed E-state index contributed by atoms with van der Waals surface area (Å²) in [6.07, 6.45) is 5.12. The highest BCUT2D eigenvalue weighted by Crippen LogP contribution is 2.35. The third-order valence-corrected chi connectivity index (χ3v) is 6.45. The number of β-amino-alcohol motifs (C(OH)–C–C–N with tert-alkyl or cyclic N) is 1. The van der Waals surface area contributed by atoms with Crippen molar-refractivity contribution in [3.05, 3.63) is 11.9 Å². The van der Waals surface area contributed by atoms with Gasteiger partial charge >= 0.3 is 0 Å². The fourth-order valence-corrected chi connectivity index (χ4v) is 4.47. The van der Waals surface area contributed by atoms with Crippen molar-refractivity contribution in [2.45, 2.75) is 51.2 Å². The summed E-state index contributed by atoms with van der Waals surface area (Å²) in [6.45, 7) is 4.38. The van der Waals surface area contributed by atoms with Crippen molar-refractivity contribution < 1.29 is 13.5 Å². The largest absolute Gasteiger partial charge is 0.382 e. The molecule has 1 N–H and O–H groups in total. The van der Waals surface area contributed by atoms with Crippen LogP contribution in [-0.2, 0) is 15.6 Å². The van der Waals surface area contributed by atoms with Crippen molar-refractivity contribution in [2.75, 3.05) is 18.8 Å². The molecule has 7 nitrogen and oxygen atoms in total. The molecule has 1 atom stereocenters. The highest BCUT2D eigenvalue weighted by atomic mass is 32.2. The van der Waals surface area contributed by atoms with Gasteiger partial charge < -0.3 is 5.11 Å². The van der Waals surface area contributed by atoms with Crippen LogP contribution in [0.5, 0.6) is 0 Å². The van der Waals surface area contributed by atoms with E-state index in [1.54, 1.807) is 10.9 Å². The summed E-state index contributed by atoms with van der Waals surface area (Å²) in [5.74, 6) is 0.772. The number of aliphatic hydroxyl groups is 1. The Morgan fingerprint density at radius 3 is 2.77 bits per heavy atom. The van der Waals surface area contributed by atoms with Crippen LogP contribution in [0.2, 0.25) is 0 Å². The lowest BCUT2D eigenvalue weighted by atomic mass is 10.00. The van der Waals surface area contributed by atoms with Crippen LogP contribution in [0.4, 0.5) is 0 Å². The second-order valence-electron chi connectivity index (χ2n) is 6.84. The lowest BCUT2D eigenvalue weighted by molar-refractivity contribution is 0.0484. The molecule has 0 aromatic carbocycles. The van der Waals surface area contributed by atoms with Gasteiger partial charge in [0.05, 0.1) is 11.9 Å². The molecule has 1 saturated heterocycles. The molecule has 1 aromatic rings. The molecule has 8 heteroatoms. The minimum Gasteiger partial charge on any atom is -0.382 e. The third kappa shape index (κ3) is 3.18. The number of hydrogen-bond acceptors (Lipinski definition) is 5. The Labute approximate surface area is 131 Å². The maximum absolute atomic E-state index is 12.4. The van der Waals surface area contributed by atoms with E-state index in [0.717, 1.165) is 19.3 Å². The van der Waals surface area contributed by atoms with Crippen molar-refractivity contribution in [1.82, 2.24) is 19.3 Å². The first-order valence-corrected chi connectivity index (χ1v) is 9.54. The second-order valence-corrected chi connectivity index (χ2v) is 8.93. The van der Waals surface area contributed by atoms with Gasteiger partial charge in [0.25, 0.3) is 0 Å². The Hall–Kier alpha value is -0.990. The van der Waals surface area contributed by atoms with Crippen molar-refractivity contribution in [1.29, 1.82) is 0 Å². The summed E-state index contributed by atoms with van der Waals surface area (Å²) in [6, 6.07) is 0.157. The Balaban J connectivity index is 1.69. The lowest BCUT2D eigenvalue weighted by Gasteiger charge is -2.21. The van der Waals surface area contributed by atoms with Crippen molar-refractivity contribution in [3.8, 4) is 0 Å². The zero-order valence-corrected chi connectivity index (χ0v) is 14.0. The van der Waals surface area contributed by atoms with Crippen LogP contribution in [0.1, 0.15) is 51.3 Å². The zero-order chi connectivity index (χ0) is 16.0. The zero-order valence-electron chi connectivity index (χ0n) is 13.1. The van der Waals surface area contributed by atoms with E-state index in [-0.39, 0.29) is 18.3 Å². The minimum atomic E-state index is -3.29. The summed E-state index contributed by atoms with van der Waals surface area (Å²) in [5.41, 5.74) is -0.763.